The number of amides is 1. The Morgan fingerprint density at radius 2 is 1.50 bits per heavy atom. The van der Waals surface area contributed by atoms with Gasteiger partial charge >= 0.3 is 5.97 Å². The van der Waals surface area contributed by atoms with Crippen LogP contribution in [-0.4, -0.2) is 28.3 Å². The standard InChI is InChI=1S/C26H23N3O3/c1-19-10-8-9-15-22(19)23-18-24(27-25(30)20-11-4-2-5-12-20)29(28-23)16-17-32-26(31)21-13-6-3-7-14-21/h2-15,18H,16-17H2,1H3,(H,27,30). The van der Waals surface area contributed by atoms with Crippen molar-refractivity contribution in [2.24, 2.45) is 0 Å². The molecule has 0 aliphatic carbocycles. The lowest BCUT2D eigenvalue weighted by molar-refractivity contribution is 0.0488. The minimum absolute atomic E-state index is 0.122. The number of nitrogens with one attached hydrogen (secondary N) is 1. The summed E-state index contributed by atoms with van der Waals surface area (Å²) in [7, 11) is 0. The zero-order valence-electron chi connectivity index (χ0n) is 17.7. The molecule has 0 saturated carbocycles. The number of carbonyl (C=O) groups is 2. The van der Waals surface area contributed by atoms with E-state index in [2.05, 4.69) is 10.4 Å². The molecule has 6 nitrogen and oxygen atoms in total. The van der Waals surface area contributed by atoms with Crippen LogP contribution in [0.2, 0.25) is 0 Å². The van der Waals surface area contributed by atoms with Gasteiger partial charge in [0.2, 0.25) is 0 Å². The first kappa shape index (κ1) is 21.1. The second-order valence-corrected chi connectivity index (χ2v) is 7.27. The summed E-state index contributed by atoms with van der Waals surface area (Å²) in [5.41, 5.74) is 3.83. The third kappa shape index (κ3) is 4.92. The fourth-order valence-electron chi connectivity index (χ4n) is 3.34. The number of rotatable bonds is 7. The Balaban J connectivity index is 1.54. The molecular weight excluding hydrogens is 402 g/mol. The lowest BCUT2D eigenvalue weighted by Gasteiger charge is -2.10. The number of ether oxygens (including phenoxy) is 1. The van der Waals surface area contributed by atoms with Crippen LogP contribution in [0.25, 0.3) is 11.3 Å². The summed E-state index contributed by atoms with van der Waals surface area (Å²) >= 11 is 0. The van der Waals surface area contributed by atoms with E-state index in [0.717, 1.165) is 16.8 Å². The van der Waals surface area contributed by atoms with Gasteiger partial charge in [-0.3, -0.25) is 4.79 Å². The summed E-state index contributed by atoms with van der Waals surface area (Å²) < 4.78 is 7.06. The topological polar surface area (TPSA) is 73.2 Å². The number of hydrogen-bond donors (Lipinski definition) is 1. The van der Waals surface area contributed by atoms with Crippen LogP contribution in [0.5, 0.6) is 0 Å². The average molecular weight is 425 g/mol. The van der Waals surface area contributed by atoms with Crippen molar-refractivity contribution in [3.05, 3.63) is 108 Å². The second kappa shape index (κ2) is 9.75. The number of carbonyl (C=O) groups excluding carboxylic acids is 2. The molecule has 0 fully saturated rings. The van der Waals surface area contributed by atoms with Gasteiger partial charge in [-0.2, -0.15) is 5.10 Å². The Morgan fingerprint density at radius 1 is 0.875 bits per heavy atom. The first-order valence-electron chi connectivity index (χ1n) is 10.3. The SMILES string of the molecule is Cc1ccccc1-c1cc(NC(=O)c2ccccc2)n(CCOC(=O)c2ccccc2)n1. The van der Waals surface area contributed by atoms with E-state index in [1.54, 1.807) is 41.1 Å². The van der Waals surface area contributed by atoms with E-state index in [9.17, 15) is 9.59 Å². The molecule has 4 aromatic rings. The molecule has 1 heterocycles. The van der Waals surface area contributed by atoms with Crippen molar-refractivity contribution in [2.75, 3.05) is 11.9 Å². The fraction of sp³-hybridized carbons (Fsp3) is 0.115. The number of hydrogen-bond acceptors (Lipinski definition) is 4. The first-order valence-corrected chi connectivity index (χ1v) is 10.3. The van der Waals surface area contributed by atoms with Crippen LogP contribution < -0.4 is 5.32 Å². The van der Waals surface area contributed by atoms with Crippen molar-refractivity contribution in [3.63, 3.8) is 0 Å². The van der Waals surface area contributed by atoms with Gasteiger partial charge in [-0.15, -0.1) is 0 Å². The van der Waals surface area contributed by atoms with Gasteiger partial charge in [0.25, 0.3) is 5.91 Å². The molecule has 0 bridgehead atoms. The van der Waals surface area contributed by atoms with E-state index in [-0.39, 0.29) is 12.5 Å². The Bertz CT molecular complexity index is 1220. The highest BCUT2D eigenvalue weighted by Gasteiger charge is 2.15. The van der Waals surface area contributed by atoms with Crippen LogP contribution in [0.4, 0.5) is 5.82 Å². The monoisotopic (exact) mass is 425 g/mol. The maximum atomic E-state index is 12.7. The van der Waals surface area contributed by atoms with E-state index in [1.807, 2.05) is 61.5 Å². The second-order valence-electron chi connectivity index (χ2n) is 7.27. The smallest absolute Gasteiger partial charge is 0.338 e. The van der Waals surface area contributed by atoms with Crippen LogP contribution >= 0.6 is 0 Å². The Hall–Kier alpha value is -4.19. The summed E-state index contributed by atoms with van der Waals surface area (Å²) in [5.74, 6) is -0.0935. The number of anilines is 1. The quantitative estimate of drug-likeness (QED) is 0.425. The average Bonchev–Trinajstić information content (AvgIpc) is 3.22. The summed E-state index contributed by atoms with van der Waals surface area (Å²) in [4.78, 5) is 24.9. The van der Waals surface area contributed by atoms with Crippen molar-refractivity contribution in [3.8, 4) is 11.3 Å². The molecule has 0 atom stereocenters. The van der Waals surface area contributed by atoms with Crippen molar-refractivity contribution < 1.29 is 14.3 Å². The Kier molecular flexibility index (Phi) is 6.41. The predicted molar refractivity (Wildman–Crippen MR) is 124 cm³/mol. The summed E-state index contributed by atoms with van der Waals surface area (Å²) in [6.45, 7) is 2.43. The number of nitrogens with zero attached hydrogens (tertiary/aromatic N) is 2. The Morgan fingerprint density at radius 3 is 2.19 bits per heavy atom. The first-order chi connectivity index (χ1) is 15.6. The van der Waals surface area contributed by atoms with Gasteiger partial charge in [0.1, 0.15) is 12.4 Å². The van der Waals surface area contributed by atoms with Crippen LogP contribution in [-0.2, 0) is 11.3 Å². The van der Waals surface area contributed by atoms with Gasteiger partial charge < -0.3 is 10.1 Å². The van der Waals surface area contributed by atoms with E-state index in [0.29, 0.717) is 23.5 Å². The fourth-order valence-corrected chi connectivity index (χ4v) is 3.34. The van der Waals surface area contributed by atoms with Crippen LogP contribution in [0, 0.1) is 6.92 Å². The van der Waals surface area contributed by atoms with E-state index < -0.39 is 5.97 Å². The lowest BCUT2D eigenvalue weighted by atomic mass is 10.1. The molecule has 4 rings (SSSR count). The van der Waals surface area contributed by atoms with Crippen molar-refractivity contribution in [1.82, 2.24) is 9.78 Å². The van der Waals surface area contributed by atoms with Crippen molar-refractivity contribution in [2.45, 2.75) is 13.5 Å². The molecule has 1 amide bonds. The van der Waals surface area contributed by atoms with Gasteiger partial charge in [-0.1, -0.05) is 60.7 Å². The highest BCUT2D eigenvalue weighted by Crippen LogP contribution is 2.25. The molecule has 0 unspecified atom stereocenters. The summed E-state index contributed by atoms with van der Waals surface area (Å²) in [6, 6.07) is 27.6. The van der Waals surface area contributed by atoms with Gasteiger partial charge in [0, 0.05) is 17.2 Å². The third-order valence-corrected chi connectivity index (χ3v) is 5.02. The van der Waals surface area contributed by atoms with Gasteiger partial charge in [0.15, 0.2) is 0 Å². The summed E-state index contributed by atoms with van der Waals surface area (Å²) in [5, 5.41) is 7.60. The molecular formula is C26H23N3O3. The molecule has 0 spiro atoms. The number of benzene rings is 3. The molecule has 1 N–H and O–H groups in total. The largest absolute Gasteiger partial charge is 0.460 e. The normalized spacial score (nSPS) is 10.5. The molecule has 0 aliphatic rings. The highest BCUT2D eigenvalue weighted by atomic mass is 16.5. The zero-order chi connectivity index (χ0) is 22.3. The van der Waals surface area contributed by atoms with E-state index in [4.69, 9.17) is 4.74 Å². The number of esters is 1. The predicted octanol–water partition coefficient (Wildman–Crippen LogP) is 4.97. The molecule has 0 radical (unpaired) electrons. The number of aromatic nitrogens is 2. The van der Waals surface area contributed by atoms with Crippen LogP contribution in [0.15, 0.2) is 91.0 Å². The number of aryl methyl sites for hydroxylation is 1. The molecule has 6 heteroatoms. The van der Waals surface area contributed by atoms with E-state index in [1.165, 1.54) is 0 Å². The molecule has 0 saturated heterocycles. The maximum absolute atomic E-state index is 12.7. The maximum Gasteiger partial charge on any atom is 0.338 e. The van der Waals surface area contributed by atoms with Gasteiger partial charge in [0.05, 0.1) is 17.8 Å². The lowest BCUT2D eigenvalue weighted by Crippen LogP contribution is -2.18. The molecule has 32 heavy (non-hydrogen) atoms. The highest BCUT2D eigenvalue weighted by molar-refractivity contribution is 6.04. The minimum Gasteiger partial charge on any atom is -0.460 e. The van der Waals surface area contributed by atoms with Crippen molar-refractivity contribution in [1.29, 1.82) is 0 Å². The Labute approximate surface area is 186 Å². The zero-order valence-corrected chi connectivity index (χ0v) is 17.7. The summed E-state index contributed by atoms with van der Waals surface area (Å²) in [6.07, 6.45) is 0. The molecule has 0 aliphatic heterocycles. The van der Waals surface area contributed by atoms with E-state index >= 15 is 0 Å². The molecule has 3 aromatic carbocycles. The van der Waals surface area contributed by atoms with Crippen molar-refractivity contribution >= 4 is 17.7 Å². The van der Waals surface area contributed by atoms with Crippen LogP contribution in [0.3, 0.4) is 0 Å². The molecule has 160 valence electrons. The van der Waals surface area contributed by atoms with Gasteiger partial charge in [-0.05, 0) is 36.8 Å². The van der Waals surface area contributed by atoms with Crippen LogP contribution in [0.1, 0.15) is 26.3 Å². The molecule has 1 aromatic heterocycles. The third-order valence-electron chi connectivity index (χ3n) is 5.02. The van der Waals surface area contributed by atoms with Gasteiger partial charge in [-0.25, -0.2) is 9.48 Å². The minimum atomic E-state index is -0.397.